The van der Waals surface area contributed by atoms with Gasteiger partial charge < -0.3 is 11.1 Å². The maximum Gasteiger partial charge on any atom is 0.246 e. The maximum absolute atomic E-state index is 12.1. The van der Waals surface area contributed by atoms with Crippen LogP contribution in [-0.4, -0.2) is 41.2 Å². The molecule has 0 spiro atoms. The van der Waals surface area contributed by atoms with Crippen molar-refractivity contribution in [3.63, 3.8) is 0 Å². The molecule has 6 nitrogen and oxygen atoms in total. The molecule has 0 aromatic heterocycles. The standard InChI is InChI=1S/C14H23N3O3/c1-2-7-17-12(18)8-11(14(17)20)16-10-5-3-9(4-6-10)13(15)19/h9-11,16H,2-8H2,1H3,(H2,15,19). The Morgan fingerprint density at radius 3 is 2.50 bits per heavy atom. The average molecular weight is 281 g/mol. The van der Waals surface area contributed by atoms with Gasteiger partial charge in [0.2, 0.25) is 17.7 Å². The van der Waals surface area contributed by atoms with E-state index in [1.54, 1.807) is 0 Å². The molecule has 1 unspecified atom stereocenters. The second kappa shape index (κ2) is 6.35. The largest absolute Gasteiger partial charge is 0.369 e. The van der Waals surface area contributed by atoms with Gasteiger partial charge in [0.25, 0.3) is 0 Å². The third-order valence-corrected chi connectivity index (χ3v) is 4.26. The molecular formula is C14H23N3O3. The normalized spacial score (nSPS) is 30.9. The number of nitrogens with one attached hydrogen (secondary N) is 1. The van der Waals surface area contributed by atoms with E-state index in [9.17, 15) is 14.4 Å². The van der Waals surface area contributed by atoms with Crippen LogP contribution >= 0.6 is 0 Å². The summed E-state index contributed by atoms with van der Waals surface area (Å²) in [5.41, 5.74) is 5.30. The van der Waals surface area contributed by atoms with Crippen molar-refractivity contribution in [3.05, 3.63) is 0 Å². The van der Waals surface area contributed by atoms with Crippen molar-refractivity contribution in [2.75, 3.05) is 6.54 Å². The fourth-order valence-electron chi connectivity index (χ4n) is 3.10. The van der Waals surface area contributed by atoms with E-state index in [2.05, 4.69) is 5.32 Å². The van der Waals surface area contributed by atoms with E-state index in [0.29, 0.717) is 6.54 Å². The summed E-state index contributed by atoms with van der Waals surface area (Å²) in [5, 5.41) is 3.28. The van der Waals surface area contributed by atoms with Crippen molar-refractivity contribution < 1.29 is 14.4 Å². The molecule has 0 aromatic rings. The van der Waals surface area contributed by atoms with Crippen molar-refractivity contribution in [1.82, 2.24) is 10.2 Å². The molecule has 6 heteroatoms. The van der Waals surface area contributed by atoms with Gasteiger partial charge in [-0.05, 0) is 32.1 Å². The lowest BCUT2D eigenvalue weighted by Crippen LogP contribution is -2.46. The maximum atomic E-state index is 12.1. The SMILES string of the molecule is CCCN1C(=O)CC(NC2CCC(C(N)=O)CC2)C1=O. The highest BCUT2D eigenvalue weighted by Gasteiger charge is 2.39. The van der Waals surface area contributed by atoms with Crippen LogP contribution in [0.1, 0.15) is 45.4 Å². The van der Waals surface area contributed by atoms with Crippen LogP contribution in [0.4, 0.5) is 0 Å². The van der Waals surface area contributed by atoms with E-state index in [1.165, 1.54) is 4.90 Å². The molecule has 1 aliphatic heterocycles. The monoisotopic (exact) mass is 281 g/mol. The van der Waals surface area contributed by atoms with Gasteiger partial charge in [0.15, 0.2) is 0 Å². The highest BCUT2D eigenvalue weighted by atomic mass is 16.2. The highest BCUT2D eigenvalue weighted by molar-refractivity contribution is 6.05. The first kappa shape index (κ1) is 15.0. The van der Waals surface area contributed by atoms with Gasteiger partial charge in [0.1, 0.15) is 0 Å². The quantitative estimate of drug-likeness (QED) is 0.702. The van der Waals surface area contributed by atoms with E-state index >= 15 is 0 Å². The van der Waals surface area contributed by atoms with E-state index in [4.69, 9.17) is 5.73 Å². The minimum atomic E-state index is -0.385. The van der Waals surface area contributed by atoms with E-state index in [1.807, 2.05) is 6.92 Å². The molecule has 2 aliphatic rings. The number of primary amides is 1. The number of hydrogen-bond donors (Lipinski definition) is 2. The summed E-state index contributed by atoms with van der Waals surface area (Å²) in [7, 11) is 0. The number of nitrogens with two attached hydrogens (primary N) is 1. The second-order valence-electron chi connectivity index (χ2n) is 5.76. The number of rotatable bonds is 5. The first-order valence-electron chi connectivity index (χ1n) is 7.42. The fourth-order valence-corrected chi connectivity index (χ4v) is 3.10. The minimum absolute atomic E-state index is 0.0365. The molecule has 3 N–H and O–H groups in total. The van der Waals surface area contributed by atoms with Crippen molar-refractivity contribution in [3.8, 4) is 0 Å². The molecule has 20 heavy (non-hydrogen) atoms. The summed E-state index contributed by atoms with van der Waals surface area (Å²) in [6, 6.07) is -0.182. The fraction of sp³-hybridized carbons (Fsp3) is 0.786. The van der Waals surface area contributed by atoms with Crippen LogP contribution in [0.25, 0.3) is 0 Å². The third kappa shape index (κ3) is 3.17. The summed E-state index contributed by atoms with van der Waals surface area (Å²) < 4.78 is 0. The minimum Gasteiger partial charge on any atom is -0.369 e. The van der Waals surface area contributed by atoms with Crippen LogP contribution in [0.5, 0.6) is 0 Å². The van der Waals surface area contributed by atoms with Crippen LogP contribution in [0.2, 0.25) is 0 Å². The van der Waals surface area contributed by atoms with Gasteiger partial charge in [-0.2, -0.15) is 0 Å². The van der Waals surface area contributed by atoms with Gasteiger partial charge >= 0.3 is 0 Å². The average Bonchev–Trinajstić information content (AvgIpc) is 2.67. The summed E-state index contributed by atoms with van der Waals surface area (Å²) in [6.07, 6.45) is 4.24. The lowest BCUT2D eigenvalue weighted by atomic mass is 9.85. The predicted octanol–water partition coefficient (Wildman–Crippen LogP) is 0.158. The van der Waals surface area contributed by atoms with Crippen LogP contribution in [0.15, 0.2) is 0 Å². The Morgan fingerprint density at radius 2 is 1.95 bits per heavy atom. The molecular weight excluding hydrogens is 258 g/mol. The Bertz CT molecular complexity index is 402. The van der Waals surface area contributed by atoms with Crippen molar-refractivity contribution in [2.45, 2.75) is 57.5 Å². The number of imide groups is 1. The topological polar surface area (TPSA) is 92.5 Å². The Hall–Kier alpha value is -1.43. The number of nitrogens with zero attached hydrogens (tertiary/aromatic N) is 1. The molecule has 1 atom stereocenters. The van der Waals surface area contributed by atoms with Gasteiger partial charge in [0.05, 0.1) is 12.5 Å². The number of carbonyl (C=O) groups is 3. The second-order valence-corrected chi connectivity index (χ2v) is 5.76. The predicted molar refractivity (Wildman–Crippen MR) is 73.5 cm³/mol. The number of likely N-dealkylation sites (tertiary alicyclic amines) is 1. The van der Waals surface area contributed by atoms with Gasteiger partial charge in [-0.3, -0.25) is 19.3 Å². The van der Waals surface area contributed by atoms with E-state index in [0.717, 1.165) is 32.1 Å². The summed E-state index contributed by atoms with van der Waals surface area (Å²) in [6.45, 7) is 2.46. The Labute approximate surface area is 119 Å². The van der Waals surface area contributed by atoms with Crippen molar-refractivity contribution in [1.29, 1.82) is 0 Å². The number of hydrogen-bond acceptors (Lipinski definition) is 4. The van der Waals surface area contributed by atoms with Crippen molar-refractivity contribution in [2.24, 2.45) is 11.7 Å². The molecule has 1 aliphatic carbocycles. The molecule has 3 amide bonds. The lowest BCUT2D eigenvalue weighted by molar-refractivity contribution is -0.139. The Balaban J connectivity index is 1.84. The van der Waals surface area contributed by atoms with Crippen LogP contribution in [0.3, 0.4) is 0 Å². The molecule has 0 aromatic carbocycles. The molecule has 1 saturated heterocycles. The number of amides is 3. The molecule has 1 heterocycles. The number of carbonyl (C=O) groups excluding carboxylic acids is 3. The van der Waals surface area contributed by atoms with Crippen LogP contribution in [0, 0.1) is 5.92 Å². The zero-order valence-electron chi connectivity index (χ0n) is 11.9. The molecule has 0 radical (unpaired) electrons. The van der Waals surface area contributed by atoms with Crippen molar-refractivity contribution >= 4 is 17.7 Å². The highest BCUT2D eigenvalue weighted by Crippen LogP contribution is 2.25. The van der Waals surface area contributed by atoms with E-state index in [-0.39, 0.29) is 42.1 Å². The zero-order valence-corrected chi connectivity index (χ0v) is 11.9. The molecule has 2 fully saturated rings. The Kier molecular flexibility index (Phi) is 4.75. The van der Waals surface area contributed by atoms with E-state index < -0.39 is 0 Å². The van der Waals surface area contributed by atoms with Gasteiger partial charge in [-0.25, -0.2) is 0 Å². The summed E-state index contributed by atoms with van der Waals surface area (Å²) in [4.78, 5) is 36.4. The van der Waals surface area contributed by atoms with Gasteiger partial charge in [-0.15, -0.1) is 0 Å². The first-order chi connectivity index (χ1) is 9.52. The first-order valence-corrected chi connectivity index (χ1v) is 7.42. The third-order valence-electron chi connectivity index (χ3n) is 4.26. The Morgan fingerprint density at radius 1 is 1.30 bits per heavy atom. The molecule has 0 bridgehead atoms. The molecule has 1 saturated carbocycles. The zero-order chi connectivity index (χ0) is 14.7. The van der Waals surface area contributed by atoms with Gasteiger partial charge in [-0.1, -0.05) is 6.92 Å². The smallest absolute Gasteiger partial charge is 0.246 e. The van der Waals surface area contributed by atoms with Crippen LogP contribution < -0.4 is 11.1 Å². The lowest BCUT2D eigenvalue weighted by Gasteiger charge is -2.29. The van der Waals surface area contributed by atoms with Gasteiger partial charge in [0, 0.05) is 18.5 Å². The summed E-state index contributed by atoms with van der Waals surface area (Å²) >= 11 is 0. The summed E-state index contributed by atoms with van der Waals surface area (Å²) in [5.74, 6) is -0.454. The molecule has 112 valence electrons. The van der Waals surface area contributed by atoms with Crippen LogP contribution in [-0.2, 0) is 14.4 Å². The molecule has 2 rings (SSSR count).